The monoisotopic (exact) mass is 560 g/mol. The fourth-order valence-corrected chi connectivity index (χ4v) is 6.65. The third-order valence-corrected chi connectivity index (χ3v) is 9.40. The largest absolute Gasteiger partial charge is 0.376 e. The number of aromatic nitrogens is 2. The SMILES string of the molecule is [C-]#[N+]c1cnc(Nc2ccc(N3CCN(S(C)(=O)=O)CC3)c(Cl)c2)nc1NC1CC(C)(C)N(C)C(C)(C)C1. The molecule has 0 aliphatic carbocycles. The van der Waals surface area contributed by atoms with Gasteiger partial charge in [0, 0.05) is 55.2 Å². The van der Waals surface area contributed by atoms with Gasteiger partial charge in [0.2, 0.25) is 21.7 Å². The van der Waals surface area contributed by atoms with Gasteiger partial charge in [0.25, 0.3) is 0 Å². The maximum Gasteiger partial charge on any atom is 0.246 e. The van der Waals surface area contributed by atoms with E-state index < -0.39 is 10.0 Å². The van der Waals surface area contributed by atoms with E-state index in [0.29, 0.717) is 48.7 Å². The average molecular weight is 561 g/mol. The van der Waals surface area contributed by atoms with Crippen LogP contribution in [0.5, 0.6) is 0 Å². The fourth-order valence-electron chi connectivity index (χ4n) is 5.52. The Labute approximate surface area is 231 Å². The minimum Gasteiger partial charge on any atom is -0.376 e. The Morgan fingerprint density at radius 1 is 1.11 bits per heavy atom. The number of piperidine rings is 1. The molecule has 0 saturated carbocycles. The lowest BCUT2D eigenvalue weighted by molar-refractivity contribution is -0.00771. The number of nitrogens with one attached hydrogen (secondary N) is 2. The van der Waals surface area contributed by atoms with Crippen LogP contribution in [0.1, 0.15) is 40.5 Å². The summed E-state index contributed by atoms with van der Waals surface area (Å²) < 4.78 is 25.1. The summed E-state index contributed by atoms with van der Waals surface area (Å²) in [4.78, 5) is 17.1. The molecule has 206 valence electrons. The van der Waals surface area contributed by atoms with Crippen molar-refractivity contribution in [3.05, 3.63) is 40.8 Å². The molecule has 2 fully saturated rings. The highest BCUT2D eigenvalue weighted by Crippen LogP contribution is 2.39. The minimum absolute atomic E-state index is 0.00172. The number of halogens is 1. The Morgan fingerprint density at radius 2 is 1.74 bits per heavy atom. The topological polar surface area (TPSA) is 98.1 Å². The second-order valence-electron chi connectivity index (χ2n) is 11.4. The molecule has 2 N–H and O–H groups in total. The standard InChI is InChI=1S/C26H37ClN8O2S/c1-25(2)15-19(16-26(3,4)33(25)6)30-23-21(28-5)17-29-24(32-23)31-18-8-9-22(20(27)14-18)34-10-12-35(13-11-34)38(7,36)37/h8-9,14,17,19H,10-13,15-16H2,1-4,6-7H3,(H2,29,30,31,32). The van der Waals surface area contributed by atoms with E-state index in [2.05, 4.69) is 70.0 Å². The summed E-state index contributed by atoms with van der Waals surface area (Å²) in [6.07, 6.45) is 4.62. The summed E-state index contributed by atoms with van der Waals surface area (Å²) in [7, 11) is -1.03. The van der Waals surface area contributed by atoms with E-state index >= 15 is 0 Å². The minimum atomic E-state index is -3.19. The van der Waals surface area contributed by atoms with Gasteiger partial charge in [-0.3, -0.25) is 4.90 Å². The highest BCUT2D eigenvalue weighted by molar-refractivity contribution is 7.88. The first-order valence-corrected chi connectivity index (χ1v) is 14.9. The van der Waals surface area contributed by atoms with Crippen molar-refractivity contribution in [2.75, 3.05) is 55.0 Å². The van der Waals surface area contributed by atoms with Crippen LogP contribution in [0.2, 0.25) is 5.02 Å². The number of anilines is 4. The van der Waals surface area contributed by atoms with E-state index in [1.165, 1.54) is 16.8 Å². The second kappa shape index (κ2) is 10.5. The maximum absolute atomic E-state index is 11.8. The van der Waals surface area contributed by atoms with E-state index in [1.807, 2.05) is 12.1 Å². The van der Waals surface area contributed by atoms with Crippen LogP contribution in [0.4, 0.5) is 28.8 Å². The molecule has 2 saturated heterocycles. The smallest absolute Gasteiger partial charge is 0.246 e. The van der Waals surface area contributed by atoms with Crippen LogP contribution in [-0.4, -0.2) is 84.2 Å². The van der Waals surface area contributed by atoms with Crippen LogP contribution in [0.3, 0.4) is 0 Å². The Morgan fingerprint density at radius 3 is 2.29 bits per heavy atom. The van der Waals surface area contributed by atoms with Gasteiger partial charge < -0.3 is 15.5 Å². The lowest BCUT2D eigenvalue weighted by Crippen LogP contribution is -2.61. The highest BCUT2D eigenvalue weighted by Gasteiger charge is 2.43. The zero-order chi connectivity index (χ0) is 27.9. The van der Waals surface area contributed by atoms with E-state index in [9.17, 15) is 8.42 Å². The molecule has 0 amide bonds. The van der Waals surface area contributed by atoms with Crippen molar-refractivity contribution in [2.24, 2.45) is 0 Å². The predicted molar refractivity (Wildman–Crippen MR) is 154 cm³/mol. The number of sulfonamides is 1. The van der Waals surface area contributed by atoms with E-state index in [-0.39, 0.29) is 17.1 Å². The van der Waals surface area contributed by atoms with Gasteiger partial charge in [-0.05, 0) is 65.8 Å². The van der Waals surface area contributed by atoms with Crippen LogP contribution >= 0.6 is 11.6 Å². The molecule has 0 bridgehead atoms. The first-order chi connectivity index (χ1) is 17.7. The van der Waals surface area contributed by atoms with Crippen molar-refractivity contribution >= 4 is 50.5 Å². The maximum atomic E-state index is 11.8. The van der Waals surface area contributed by atoms with Crippen molar-refractivity contribution in [2.45, 2.75) is 57.7 Å². The Kier molecular flexibility index (Phi) is 7.83. The predicted octanol–water partition coefficient (Wildman–Crippen LogP) is 4.57. The van der Waals surface area contributed by atoms with Crippen molar-refractivity contribution in [1.82, 2.24) is 19.2 Å². The van der Waals surface area contributed by atoms with Gasteiger partial charge in [0.05, 0.1) is 23.5 Å². The number of piperazine rings is 1. The van der Waals surface area contributed by atoms with Crippen LogP contribution in [-0.2, 0) is 10.0 Å². The Hall–Kier alpha value is -2.65. The molecule has 2 aliphatic rings. The summed E-state index contributed by atoms with van der Waals surface area (Å²) in [5.74, 6) is 0.891. The molecule has 12 heteroatoms. The molecule has 3 heterocycles. The first-order valence-electron chi connectivity index (χ1n) is 12.7. The molecule has 0 unspecified atom stereocenters. The van der Waals surface area contributed by atoms with E-state index in [0.717, 1.165) is 24.2 Å². The van der Waals surface area contributed by atoms with E-state index in [1.54, 1.807) is 6.07 Å². The lowest BCUT2D eigenvalue weighted by Gasteiger charge is -2.53. The second-order valence-corrected chi connectivity index (χ2v) is 13.8. The molecule has 1 aromatic carbocycles. The van der Waals surface area contributed by atoms with Crippen molar-refractivity contribution in [3.63, 3.8) is 0 Å². The van der Waals surface area contributed by atoms with Gasteiger partial charge in [0.15, 0.2) is 0 Å². The van der Waals surface area contributed by atoms with Crippen LogP contribution in [0.15, 0.2) is 24.4 Å². The zero-order valence-corrected chi connectivity index (χ0v) is 24.5. The zero-order valence-electron chi connectivity index (χ0n) is 22.9. The van der Waals surface area contributed by atoms with Crippen LogP contribution in [0.25, 0.3) is 4.85 Å². The van der Waals surface area contributed by atoms with Gasteiger partial charge in [-0.1, -0.05) is 11.6 Å². The molecule has 10 nitrogen and oxygen atoms in total. The molecule has 2 aromatic rings. The number of benzene rings is 1. The number of nitrogens with zero attached hydrogens (tertiary/aromatic N) is 6. The molecule has 38 heavy (non-hydrogen) atoms. The molecule has 0 atom stereocenters. The number of hydrogen-bond donors (Lipinski definition) is 2. The van der Waals surface area contributed by atoms with Gasteiger partial charge in [-0.2, -0.15) is 4.31 Å². The molecule has 2 aliphatic heterocycles. The lowest BCUT2D eigenvalue weighted by atomic mass is 9.77. The Balaban J connectivity index is 1.48. The Bertz CT molecular complexity index is 1320. The molecule has 0 spiro atoms. The third-order valence-electron chi connectivity index (χ3n) is 7.79. The highest BCUT2D eigenvalue weighted by atomic mass is 35.5. The van der Waals surface area contributed by atoms with Gasteiger partial charge in [0.1, 0.15) is 5.82 Å². The summed E-state index contributed by atoms with van der Waals surface area (Å²) >= 11 is 6.62. The molecule has 4 rings (SSSR count). The number of rotatable bonds is 6. The fraction of sp³-hybridized carbons (Fsp3) is 0.577. The van der Waals surface area contributed by atoms with Crippen molar-refractivity contribution in [3.8, 4) is 0 Å². The van der Waals surface area contributed by atoms with E-state index in [4.69, 9.17) is 18.2 Å². The average Bonchev–Trinajstić information content (AvgIpc) is 2.82. The quantitative estimate of drug-likeness (QED) is 0.496. The molecular weight excluding hydrogens is 524 g/mol. The molecular formula is C26H37ClN8O2S. The van der Waals surface area contributed by atoms with Gasteiger partial charge in [-0.15, -0.1) is 0 Å². The number of hydrogen-bond acceptors (Lipinski definition) is 8. The van der Waals surface area contributed by atoms with Gasteiger partial charge >= 0.3 is 0 Å². The van der Waals surface area contributed by atoms with Crippen molar-refractivity contribution in [1.29, 1.82) is 0 Å². The number of likely N-dealkylation sites (tertiary alicyclic amines) is 1. The van der Waals surface area contributed by atoms with Crippen molar-refractivity contribution < 1.29 is 8.42 Å². The summed E-state index contributed by atoms with van der Waals surface area (Å²) in [5, 5.41) is 7.28. The van der Waals surface area contributed by atoms with Crippen LogP contribution in [0, 0.1) is 6.57 Å². The summed E-state index contributed by atoms with van der Waals surface area (Å²) in [6.45, 7) is 18.6. The molecule has 1 aromatic heterocycles. The first kappa shape index (κ1) is 28.4. The normalized spacial score (nSPS) is 20.6. The summed E-state index contributed by atoms with van der Waals surface area (Å²) in [6, 6.07) is 5.78. The molecule has 0 radical (unpaired) electrons. The van der Waals surface area contributed by atoms with Crippen LogP contribution < -0.4 is 15.5 Å². The van der Waals surface area contributed by atoms with Gasteiger partial charge in [-0.25, -0.2) is 23.2 Å². The third kappa shape index (κ3) is 6.15. The summed E-state index contributed by atoms with van der Waals surface area (Å²) in [5.41, 5.74) is 1.96.